The van der Waals surface area contributed by atoms with Crippen molar-refractivity contribution in [2.45, 2.75) is 6.92 Å². The van der Waals surface area contributed by atoms with Crippen molar-refractivity contribution >= 4 is 34.1 Å². The number of thiazole rings is 1. The molecule has 7 nitrogen and oxygen atoms in total. The molecule has 0 fully saturated rings. The molecule has 1 rings (SSSR count). The van der Waals surface area contributed by atoms with Crippen molar-refractivity contribution in [2.75, 3.05) is 12.3 Å². The van der Waals surface area contributed by atoms with Crippen molar-refractivity contribution in [3.05, 3.63) is 5.38 Å². The molecule has 8 heteroatoms. The van der Waals surface area contributed by atoms with Gasteiger partial charge in [0.2, 0.25) is 5.84 Å². The van der Waals surface area contributed by atoms with Gasteiger partial charge in [-0.15, -0.1) is 11.3 Å². The van der Waals surface area contributed by atoms with Crippen molar-refractivity contribution < 1.29 is 14.7 Å². The number of carbonyl (C=O) groups is 1. The SMILES string of the molecule is CCONC(=Nc1csc(N)n1)C(=O)O. The molecule has 4 N–H and O–H groups in total. The van der Waals surface area contributed by atoms with Crippen LogP contribution >= 0.6 is 11.3 Å². The lowest BCUT2D eigenvalue weighted by Gasteiger charge is -2.02. The average Bonchev–Trinajstić information content (AvgIpc) is 2.58. The number of hydrogen-bond acceptors (Lipinski definition) is 6. The van der Waals surface area contributed by atoms with E-state index in [4.69, 9.17) is 15.7 Å². The third-order valence-electron chi connectivity index (χ3n) is 1.25. The Balaban J connectivity index is 2.79. The second-order valence-corrected chi connectivity index (χ2v) is 3.23. The minimum atomic E-state index is -1.23. The minimum Gasteiger partial charge on any atom is -0.475 e. The summed E-state index contributed by atoms with van der Waals surface area (Å²) in [5.41, 5.74) is 7.57. The quantitative estimate of drug-likeness (QED) is 0.393. The van der Waals surface area contributed by atoms with E-state index in [-0.39, 0.29) is 11.7 Å². The van der Waals surface area contributed by atoms with Crippen molar-refractivity contribution in [3.63, 3.8) is 0 Å². The predicted octanol–water partition coefficient (Wildman–Crippen LogP) is 0.381. The number of nitrogens with one attached hydrogen (secondary N) is 1. The molecule has 1 aromatic rings. The zero-order valence-corrected chi connectivity index (χ0v) is 8.74. The normalized spacial score (nSPS) is 11.4. The maximum Gasteiger partial charge on any atom is 0.373 e. The Labute approximate surface area is 89.6 Å². The number of carboxylic acid groups (broad SMARTS) is 1. The first-order valence-corrected chi connectivity index (χ1v) is 4.92. The summed E-state index contributed by atoms with van der Waals surface area (Å²) in [4.78, 5) is 22.9. The molecule has 0 saturated carbocycles. The monoisotopic (exact) mass is 230 g/mol. The first kappa shape index (κ1) is 11.4. The van der Waals surface area contributed by atoms with Gasteiger partial charge in [-0.3, -0.25) is 4.84 Å². The van der Waals surface area contributed by atoms with Crippen LogP contribution in [0.3, 0.4) is 0 Å². The molecule has 0 unspecified atom stereocenters. The Hall–Kier alpha value is -1.67. The van der Waals surface area contributed by atoms with Gasteiger partial charge in [0.1, 0.15) is 0 Å². The highest BCUT2D eigenvalue weighted by molar-refractivity contribution is 7.13. The highest BCUT2D eigenvalue weighted by Crippen LogP contribution is 2.18. The Morgan fingerprint density at radius 3 is 3.07 bits per heavy atom. The predicted molar refractivity (Wildman–Crippen MR) is 56.0 cm³/mol. The van der Waals surface area contributed by atoms with Crippen LogP contribution in [0.5, 0.6) is 0 Å². The van der Waals surface area contributed by atoms with Crippen LogP contribution in [0.1, 0.15) is 6.92 Å². The molecule has 1 heterocycles. The maximum absolute atomic E-state index is 10.7. The van der Waals surface area contributed by atoms with Crippen LogP contribution in [-0.4, -0.2) is 28.5 Å². The number of hydrogen-bond donors (Lipinski definition) is 3. The van der Waals surface area contributed by atoms with Gasteiger partial charge in [-0.1, -0.05) is 0 Å². The molecule has 1 aromatic heterocycles. The number of aliphatic carboxylic acids is 1. The summed E-state index contributed by atoms with van der Waals surface area (Å²) < 4.78 is 0. The maximum atomic E-state index is 10.7. The van der Waals surface area contributed by atoms with Crippen molar-refractivity contribution in [2.24, 2.45) is 4.99 Å². The fourth-order valence-electron chi connectivity index (χ4n) is 0.699. The largest absolute Gasteiger partial charge is 0.475 e. The number of hydroxylamine groups is 1. The molecule has 82 valence electrons. The number of aromatic nitrogens is 1. The Kier molecular flexibility index (Phi) is 4.01. The molecule has 0 aliphatic heterocycles. The standard InChI is InChI=1S/C7H10N4O3S/c1-2-14-11-5(6(12)13)9-4-3-15-7(8)10-4/h3H,2H2,1H3,(H2,8,10)(H,9,11)(H,12,13). The van der Waals surface area contributed by atoms with E-state index in [0.29, 0.717) is 11.7 Å². The molecule has 0 amide bonds. The zero-order chi connectivity index (χ0) is 11.3. The van der Waals surface area contributed by atoms with Gasteiger partial charge in [-0.2, -0.15) is 0 Å². The van der Waals surface area contributed by atoms with Crippen LogP contribution in [0.25, 0.3) is 0 Å². The Morgan fingerprint density at radius 2 is 2.60 bits per heavy atom. The van der Waals surface area contributed by atoms with E-state index in [0.717, 1.165) is 0 Å². The van der Waals surface area contributed by atoms with Gasteiger partial charge in [0.05, 0.1) is 6.61 Å². The lowest BCUT2D eigenvalue weighted by atomic mass is 10.6. The third kappa shape index (κ3) is 3.52. The van der Waals surface area contributed by atoms with E-state index < -0.39 is 5.97 Å². The molecule has 0 bridgehead atoms. The second-order valence-electron chi connectivity index (χ2n) is 2.34. The zero-order valence-electron chi connectivity index (χ0n) is 7.93. The molecular formula is C7H10N4O3S. The first-order valence-electron chi connectivity index (χ1n) is 4.04. The molecular weight excluding hydrogens is 220 g/mol. The number of carboxylic acids is 1. The van der Waals surface area contributed by atoms with Gasteiger partial charge in [-0.25, -0.2) is 20.3 Å². The third-order valence-corrected chi connectivity index (χ3v) is 1.91. The molecule has 0 atom stereocenters. The highest BCUT2D eigenvalue weighted by Gasteiger charge is 2.10. The van der Waals surface area contributed by atoms with Crippen LogP contribution in [0.4, 0.5) is 10.9 Å². The fraction of sp³-hybridized carbons (Fsp3) is 0.286. The van der Waals surface area contributed by atoms with Gasteiger partial charge >= 0.3 is 5.97 Å². The van der Waals surface area contributed by atoms with Crippen molar-refractivity contribution in [3.8, 4) is 0 Å². The van der Waals surface area contributed by atoms with E-state index in [1.54, 1.807) is 12.3 Å². The number of amidine groups is 1. The summed E-state index contributed by atoms with van der Waals surface area (Å²) in [6.07, 6.45) is 0. The van der Waals surface area contributed by atoms with Crippen molar-refractivity contribution in [1.82, 2.24) is 10.5 Å². The van der Waals surface area contributed by atoms with Crippen LogP contribution in [0.15, 0.2) is 10.4 Å². The van der Waals surface area contributed by atoms with Gasteiger partial charge in [0.15, 0.2) is 10.9 Å². The average molecular weight is 230 g/mol. The van der Waals surface area contributed by atoms with E-state index >= 15 is 0 Å². The van der Waals surface area contributed by atoms with Gasteiger partial charge in [0.25, 0.3) is 0 Å². The van der Waals surface area contributed by atoms with Gasteiger partial charge in [0, 0.05) is 5.38 Å². The molecule has 0 aliphatic rings. The summed E-state index contributed by atoms with van der Waals surface area (Å²) in [5, 5.41) is 10.6. The number of nitrogens with zero attached hydrogens (tertiary/aromatic N) is 2. The lowest BCUT2D eigenvalue weighted by Crippen LogP contribution is -2.31. The van der Waals surface area contributed by atoms with Gasteiger partial charge < -0.3 is 10.8 Å². The molecule has 0 spiro atoms. The second kappa shape index (κ2) is 5.27. The van der Waals surface area contributed by atoms with E-state index in [1.807, 2.05) is 0 Å². The molecule has 0 radical (unpaired) electrons. The molecule has 15 heavy (non-hydrogen) atoms. The molecule has 0 aliphatic carbocycles. The molecule has 0 aromatic carbocycles. The summed E-state index contributed by atoms with van der Waals surface area (Å²) in [6, 6.07) is 0. The highest BCUT2D eigenvalue weighted by atomic mass is 32.1. The van der Waals surface area contributed by atoms with Crippen LogP contribution in [0, 0.1) is 0 Å². The fourth-order valence-corrected chi connectivity index (χ4v) is 1.18. The topological polar surface area (TPSA) is 110 Å². The number of rotatable bonds is 3. The minimum absolute atomic E-state index is 0.238. The lowest BCUT2D eigenvalue weighted by molar-refractivity contribution is -0.130. The van der Waals surface area contributed by atoms with Gasteiger partial charge in [-0.05, 0) is 6.92 Å². The number of nitrogen functional groups attached to an aromatic ring is 1. The van der Waals surface area contributed by atoms with E-state index in [9.17, 15) is 4.79 Å². The molecule has 0 saturated heterocycles. The number of nitrogens with two attached hydrogens (primary N) is 1. The summed E-state index contributed by atoms with van der Waals surface area (Å²) in [6.45, 7) is 2.04. The smallest absolute Gasteiger partial charge is 0.373 e. The summed E-state index contributed by atoms with van der Waals surface area (Å²) in [5.74, 6) is -1.32. The Morgan fingerprint density at radius 1 is 1.87 bits per heavy atom. The summed E-state index contributed by atoms with van der Waals surface area (Å²) >= 11 is 1.18. The van der Waals surface area contributed by atoms with Crippen LogP contribution in [0.2, 0.25) is 0 Å². The van der Waals surface area contributed by atoms with E-state index in [2.05, 4.69) is 15.5 Å². The Bertz CT molecular complexity index is 376. The van der Waals surface area contributed by atoms with Crippen molar-refractivity contribution in [1.29, 1.82) is 0 Å². The summed E-state index contributed by atoms with van der Waals surface area (Å²) in [7, 11) is 0. The number of anilines is 1. The first-order chi connectivity index (χ1) is 7.13. The van der Waals surface area contributed by atoms with Crippen LogP contribution < -0.4 is 11.2 Å². The number of aliphatic imine (C=N–C) groups is 1. The van der Waals surface area contributed by atoms with Crippen LogP contribution in [-0.2, 0) is 9.63 Å². The van der Waals surface area contributed by atoms with E-state index in [1.165, 1.54) is 11.3 Å².